The van der Waals surface area contributed by atoms with Crippen LogP contribution in [-0.4, -0.2) is 11.8 Å². The minimum absolute atomic E-state index is 0.182. The van der Waals surface area contributed by atoms with Gasteiger partial charge >= 0.3 is 0 Å². The van der Waals surface area contributed by atoms with Crippen LogP contribution >= 0.6 is 11.3 Å². The first kappa shape index (κ1) is 8.44. The first-order valence-corrected chi connectivity index (χ1v) is 4.94. The Hall–Kier alpha value is -1.16. The van der Waals surface area contributed by atoms with Crippen molar-refractivity contribution < 1.29 is 9.59 Å². The van der Waals surface area contributed by atoms with E-state index in [0.717, 1.165) is 5.56 Å². The summed E-state index contributed by atoms with van der Waals surface area (Å²) in [5, 5.41) is 6.15. The van der Waals surface area contributed by atoms with Gasteiger partial charge in [0.2, 0.25) is 11.8 Å². The SMILES string of the molecule is C[C@@]1(c2ccsc2)CC(=O)NC1=O. The monoisotopic (exact) mass is 195 g/mol. The summed E-state index contributed by atoms with van der Waals surface area (Å²) >= 11 is 1.54. The molecule has 1 saturated heterocycles. The number of imide groups is 1. The molecular weight excluding hydrogens is 186 g/mol. The molecule has 2 heterocycles. The number of carbonyl (C=O) groups is 2. The molecule has 2 amide bonds. The highest BCUT2D eigenvalue weighted by Gasteiger charge is 2.43. The van der Waals surface area contributed by atoms with Gasteiger partial charge in [0.25, 0.3) is 0 Å². The van der Waals surface area contributed by atoms with Gasteiger partial charge in [0.15, 0.2) is 0 Å². The molecule has 3 nitrogen and oxygen atoms in total. The standard InChI is InChI=1S/C9H9NO2S/c1-9(6-2-3-13-5-6)4-7(11)10-8(9)12/h2-3,5H,4H2,1H3,(H,10,11,12)/t9-/m0/s1. The predicted molar refractivity (Wildman–Crippen MR) is 49.4 cm³/mol. The van der Waals surface area contributed by atoms with E-state index < -0.39 is 5.41 Å². The summed E-state index contributed by atoms with van der Waals surface area (Å²) in [5.41, 5.74) is 0.290. The molecule has 13 heavy (non-hydrogen) atoms. The van der Waals surface area contributed by atoms with Crippen LogP contribution in [0, 0.1) is 0 Å². The van der Waals surface area contributed by atoms with E-state index in [9.17, 15) is 9.59 Å². The number of nitrogens with one attached hydrogen (secondary N) is 1. The van der Waals surface area contributed by atoms with Crippen molar-refractivity contribution >= 4 is 23.2 Å². The number of hydrogen-bond donors (Lipinski definition) is 1. The lowest BCUT2D eigenvalue weighted by atomic mass is 9.83. The zero-order valence-electron chi connectivity index (χ0n) is 7.16. The summed E-state index contributed by atoms with van der Waals surface area (Å²) in [5.74, 6) is -0.366. The van der Waals surface area contributed by atoms with Gasteiger partial charge in [0.1, 0.15) is 0 Å². The van der Waals surface area contributed by atoms with Crippen LogP contribution in [0.2, 0.25) is 0 Å². The van der Waals surface area contributed by atoms with Crippen molar-refractivity contribution in [2.75, 3.05) is 0 Å². The second kappa shape index (κ2) is 2.67. The van der Waals surface area contributed by atoms with E-state index in [0.29, 0.717) is 0 Å². The van der Waals surface area contributed by atoms with Gasteiger partial charge in [-0.05, 0) is 29.3 Å². The lowest BCUT2D eigenvalue weighted by Gasteiger charge is -2.17. The van der Waals surface area contributed by atoms with Gasteiger partial charge in [-0.25, -0.2) is 0 Å². The molecule has 0 radical (unpaired) electrons. The molecular formula is C9H9NO2S. The molecule has 0 unspecified atom stereocenters. The van der Waals surface area contributed by atoms with E-state index in [1.54, 1.807) is 6.92 Å². The van der Waals surface area contributed by atoms with E-state index in [-0.39, 0.29) is 18.2 Å². The van der Waals surface area contributed by atoms with Crippen LogP contribution in [0.1, 0.15) is 18.9 Å². The molecule has 1 aliphatic rings. The van der Waals surface area contributed by atoms with Crippen molar-refractivity contribution in [2.45, 2.75) is 18.8 Å². The fraction of sp³-hybridized carbons (Fsp3) is 0.333. The van der Waals surface area contributed by atoms with Gasteiger partial charge in [0, 0.05) is 6.42 Å². The third-order valence-corrected chi connectivity index (χ3v) is 3.11. The van der Waals surface area contributed by atoms with Crippen molar-refractivity contribution in [2.24, 2.45) is 0 Å². The van der Waals surface area contributed by atoms with E-state index in [2.05, 4.69) is 5.32 Å². The van der Waals surface area contributed by atoms with E-state index in [4.69, 9.17) is 0 Å². The normalized spacial score (nSPS) is 27.8. The number of carbonyl (C=O) groups excluding carboxylic acids is 2. The Morgan fingerprint density at radius 3 is 2.77 bits per heavy atom. The summed E-state index contributed by atoms with van der Waals surface area (Å²) < 4.78 is 0. The Balaban J connectivity index is 2.42. The Morgan fingerprint density at radius 1 is 1.54 bits per heavy atom. The highest BCUT2D eigenvalue weighted by molar-refractivity contribution is 7.08. The average molecular weight is 195 g/mol. The molecule has 0 saturated carbocycles. The van der Waals surface area contributed by atoms with Gasteiger partial charge in [-0.2, -0.15) is 11.3 Å². The fourth-order valence-corrected chi connectivity index (χ4v) is 2.31. The quantitative estimate of drug-likeness (QED) is 0.681. The van der Waals surface area contributed by atoms with Crippen LogP contribution in [-0.2, 0) is 15.0 Å². The van der Waals surface area contributed by atoms with Crippen molar-refractivity contribution in [1.29, 1.82) is 0 Å². The van der Waals surface area contributed by atoms with Gasteiger partial charge in [-0.1, -0.05) is 0 Å². The highest BCUT2D eigenvalue weighted by Crippen LogP contribution is 2.32. The minimum atomic E-state index is -0.642. The first-order valence-electron chi connectivity index (χ1n) is 4.00. The fourth-order valence-electron chi connectivity index (χ4n) is 1.52. The van der Waals surface area contributed by atoms with Crippen LogP contribution in [0.4, 0.5) is 0 Å². The number of hydrogen-bond acceptors (Lipinski definition) is 3. The maximum Gasteiger partial charge on any atom is 0.237 e. The molecule has 2 rings (SSSR count). The van der Waals surface area contributed by atoms with Crippen LogP contribution in [0.15, 0.2) is 16.8 Å². The Morgan fingerprint density at radius 2 is 2.31 bits per heavy atom. The van der Waals surface area contributed by atoms with Crippen molar-refractivity contribution in [3.63, 3.8) is 0 Å². The van der Waals surface area contributed by atoms with Gasteiger partial charge < -0.3 is 0 Å². The van der Waals surface area contributed by atoms with Crippen molar-refractivity contribution in [1.82, 2.24) is 5.32 Å². The molecule has 1 aromatic rings. The Bertz CT molecular complexity index is 358. The summed E-state index contributed by atoms with van der Waals surface area (Å²) in [6.45, 7) is 1.80. The van der Waals surface area contributed by atoms with Crippen LogP contribution in [0.5, 0.6) is 0 Å². The largest absolute Gasteiger partial charge is 0.296 e. The van der Waals surface area contributed by atoms with Gasteiger partial charge in [0.05, 0.1) is 5.41 Å². The third kappa shape index (κ3) is 1.18. The topological polar surface area (TPSA) is 46.2 Å². The van der Waals surface area contributed by atoms with Gasteiger partial charge in [-0.15, -0.1) is 0 Å². The molecule has 1 N–H and O–H groups in total. The molecule has 0 spiro atoms. The maximum absolute atomic E-state index is 11.5. The second-order valence-corrected chi connectivity index (χ2v) is 4.18. The lowest BCUT2D eigenvalue weighted by molar-refractivity contribution is -0.126. The third-order valence-electron chi connectivity index (χ3n) is 2.43. The van der Waals surface area contributed by atoms with E-state index >= 15 is 0 Å². The number of thiophene rings is 1. The van der Waals surface area contributed by atoms with E-state index in [1.165, 1.54) is 11.3 Å². The smallest absolute Gasteiger partial charge is 0.237 e. The average Bonchev–Trinajstić information content (AvgIpc) is 2.61. The zero-order valence-corrected chi connectivity index (χ0v) is 7.98. The Labute approximate surface area is 79.8 Å². The predicted octanol–water partition coefficient (Wildman–Crippen LogP) is 1.05. The molecule has 0 bridgehead atoms. The van der Waals surface area contributed by atoms with Gasteiger partial charge in [-0.3, -0.25) is 14.9 Å². The summed E-state index contributed by atoms with van der Waals surface area (Å²) in [6, 6.07) is 1.89. The molecule has 1 fully saturated rings. The molecule has 0 aromatic carbocycles. The molecule has 1 aromatic heterocycles. The number of rotatable bonds is 1. The summed E-state index contributed by atoms with van der Waals surface area (Å²) in [7, 11) is 0. The van der Waals surface area contributed by atoms with Crippen molar-refractivity contribution in [3.05, 3.63) is 22.4 Å². The molecule has 1 atom stereocenters. The van der Waals surface area contributed by atoms with Crippen LogP contribution < -0.4 is 5.32 Å². The molecule has 1 aliphatic heterocycles. The number of amides is 2. The summed E-state index contributed by atoms with van der Waals surface area (Å²) in [6.07, 6.45) is 0.266. The second-order valence-electron chi connectivity index (χ2n) is 3.40. The lowest BCUT2D eigenvalue weighted by Crippen LogP contribution is -2.32. The molecule has 4 heteroatoms. The maximum atomic E-state index is 11.5. The molecule has 0 aliphatic carbocycles. The highest BCUT2D eigenvalue weighted by atomic mass is 32.1. The van der Waals surface area contributed by atoms with Crippen molar-refractivity contribution in [3.8, 4) is 0 Å². The Kier molecular flexibility index (Phi) is 1.73. The first-order chi connectivity index (χ1) is 6.13. The van der Waals surface area contributed by atoms with Crippen LogP contribution in [0.3, 0.4) is 0 Å². The zero-order chi connectivity index (χ0) is 9.47. The minimum Gasteiger partial charge on any atom is -0.296 e. The van der Waals surface area contributed by atoms with Crippen LogP contribution in [0.25, 0.3) is 0 Å². The van der Waals surface area contributed by atoms with E-state index in [1.807, 2.05) is 16.8 Å². The summed E-state index contributed by atoms with van der Waals surface area (Å²) in [4.78, 5) is 22.5. The molecule has 68 valence electrons.